The van der Waals surface area contributed by atoms with Crippen LogP contribution in [0, 0.1) is 17.0 Å². The van der Waals surface area contributed by atoms with Gasteiger partial charge in [0, 0.05) is 17.0 Å². The standard InChI is InChI=1S/C16H13N3O6S2/c1-9-2-4-11(5-3-9)27(24,25)18-16-17-12(8-26-16)10-6-13(19(22)23)15(21)14(20)7-10/h2-8,20-21H,1H3,(H,17,18). The number of phenols is 2. The van der Waals surface area contributed by atoms with Gasteiger partial charge in [-0.25, -0.2) is 13.4 Å². The number of thiazole rings is 1. The number of aromatic hydroxyl groups is 2. The molecule has 0 saturated heterocycles. The molecule has 3 N–H and O–H groups in total. The van der Waals surface area contributed by atoms with E-state index in [1.54, 1.807) is 12.1 Å². The van der Waals surface area contributed by atoms with Crippen LogP contribution in [0.5, 0.6) is 11.5 Å². The van der Waals surface area contributed by atoms with Crippen molar-refractivity contribution in [1.29, 1.82) is 0 Å². The summed E-state index contributed by atoms with van der Waals surface area (Å²) in [7, 11) is -3.84. The Morgan fingerprint density at radius 2 is 1.85 bits per heavy atom. The molecule has 1 aromatic heterocycles. The zero-order chi connectivity index (χ0) is 19.8. The first-order chi connectivity index (χ1) is 12.7. The van der Waals surface area contributed by atoms with Gasteiger partial charge in [-0.15, -0.1) is 11.3 Å². The van der Waals surface area contributed by atoms with E-state index in [4.69, 9.17) is 0 Å². The minimum absolute atomic E-state index is 0.0563. The number of hydrogen-bond acceptors (Lipinski definition) is 8. The van der Waals surface area contributed by atoms with Gasteiger partial charge >= 0.3 is 5.69 Å². The summed E-state index contributed by atoms with van der Waals surface area (Å²) in [6.07, 6.45) is 0. The van der Waals surface area contributed by atoms with Gasteiger partial charge in [-0.1, -0.05) is 17.7 Å². The molecule has 0 amide bonds. The quantitative estimate of drug-likeness (QED) is 0.335. The summed E-state index contributed by atoms with van der Waals surface area (Å²) in [4.78, 5) is 14.3. The molecule has 1 heterocycles. The second-order valence-corrected chi connectivity index (χ2v) is 8.12. The number of sulfonamides is 1. The number of nitrogens with one attached hydrogen (secondary N) is 1. The van der Waals surface area contributed by atoms with Crippen LogP contribution in [0.2, 0.25) is 0 Å². The number of rotatable bonds is 5. The van der Waals surface area contributed by atoms with Crippen LogP contribution in [0.1, 0.15) is 5.56 Å². The van der Waals surface area contributed by atoms with E-state index in [0.29, 0.717) is 0 Å². The smallest absolute Gasteiger partial charge is 0.315 e. The van der Waals surface area contributed by atoms with Gasteiger partial charge in [0.2, 0.25) is 5.75 Å². The maximum absolute atomic E-state index is 12.4. The van der Waals surface area contributed by atoms with E-state index < -0.39 is 32.1 Å². The predicted octanol–water partition coefficient (Wildman–Crippen LogP) is 3.24. The molecule has 0 bridgehead atoms. The normalized spacial score (nSPS) is 11.3. The molecular formula is C16H13N3O6S2. The van der Waals surface area contributed by atoms with Crippen molar-refractivity contribution in [3.8, 4) is 22.8 Å². The van der Waals surface area contributed by atoms with E-state index in [1.807, 2.05) is 6.92 Å². The first kappa shape index (κ1) is 18.6. The molecular weight excluding hydrogens is 394 g/mol. The Labute approximate surface area is 157 Å². The van der Waals surface area contributed by atoms with E-state index in [-0.39, 0.29) is 21.3 Å². The Bertz CT molecular complexity index is 1120. The van der Waals surface area contributed by atoms with Crippen LogP contribution in [0.25, 0.3) is 11.3 Å². The number of nitrogens with zero attached hydrogens (tertiary/aromatic N) is 2. The summed E-state index contributed by atoms with van der Waals surface area (Å²) < 4.78 is 27.1. The monoisotopic (exact) mass is 407 g/mol. The molecule has 0 spiro atoms. The number of nitro benzene ring substituents is 1. The molecule has 0 radical (unpaired) electrons. The number of anilines is 1. The number of phenolic OH excluding ortho intramolecular Hbond substituents is 2. The zero-order valence-electron chi connectivity index (χ0n) is 13.8. The minimum Gasteiger partial charge on any atom is -0.504 e. The lowest BCUT2D eigenvalue weighted by Crippen LogP contribution is -2.12. The average Bonchev–Trinajstić information content (AvgIpc) is 3.05. The summed E-state index contributed by atoms with van der Waals surface area (Å²) in [6, 6.07) is 8.42. The second kappa shape index (κ2) is 6.85. The third kappa shape index (κ3) is 3.83. The van der Waals surface area contributed by atoms with Gasteiger partial charge in [-0.2, -0.15) is 0 Å². The number of hydrogen-bond donors (Lipinski definition) is 3. The predicted molar refractivity (Wildman–Crippen MR) is 99.5 cm³/mol. The fourth-order valence-electron chi connectivity index (χ4n) is 2.24. The van der Waals surface area contributed by atoms with Crippen molar-refractivity contribution in [2.24, 2.45) is 0 Å². The molecule has 0 fully saturated rings. The van der Waals surface area contributed by atoms with Crippen molar-refractivity contribution in [3.63, 3.8) is 0 Å². The maximum Gasteiger partial charge on any atom is 0.315 e. The molecule has 0 unspecified atom stereocenters. The van der Waals surface area contributed by atoms with Gasteiger partial charge in [0.15, 0.2) is 10.9 Å². The molecule has 0 aliphatic carbocycles. The minimum atomic E-state index is -3.84. The van der Waals surface area contributed by atoms with Crippen molar-refractivity contribution in [2.45, 2.75) is 11.8 Å². The van der Waals surface area contributed by atoms with E-state index >= 15 is 0 Å². The van der Waals surface area contributed by atoms with Crippen molar-refractivity contribution in [1.82, 2.24) is 4.98 Å². The highest BCUT2D eigenvalue weighted by molar-refractivity contribution is 7.93. The first-order valence-corrected chi connectivity index (χ1v) is 9.79. The Morgan fingerprint density at radius 3 is 2.48 bits per heavy atom. The van der Waals surface area contributed by atoms with Crippen LogP contribution < -0.4 is 4.72 Å². The van der Waals surface area contributed by atoms with Crippen LogP contribution >= 0.6 is 11.3 Å². The van der Waals surface area contributed by atoms with E-state index in [2.05, 4.69) is 9.71 Å². The summed E-state index contributed by atoms with van der Waals surface area (Å²) in [5.41, 5.74) is 0.605. The number of benzene rings is 2. The van der Waals surface area contributed by atoms with Crippen LogP contribution in [-0.2, 0) is 10.0 Å². The molecule has 27 heavy (non-hydrogen) atoms. The van der Waals surface area contributed by atoms with E-state index in [1.165, 1.54) is 17.5 Å². The Kier molecular flexibility index (Phi) is 4.72. The fourth-order valence-corrected chi connectivity index (χ4v) is 4.21. The van der Waals surface area contributed by atoms with Gasteiger partial charge in [0.25, 0.3) is 10.0 Å². The molecule has 0 aliphatic rings. The first-order valence-electron chi connectivity index (χ1n) is 7.43. The molecule has 11 heteroatoms. The third-order valence-corrected chi connectivity index (χ3v) is 5.86. The van der Waals surface area contributed by atoms with E-state index in [9.17, 15) is 28.7 Å². The fraction of sp³-hybridized carbons (Fsp3) is 0.0625. The Hall–Kier alpha value is -3.18. The van der Waals surface area contributed by atoms with Gasteiger partial charge in [0.05, 0.1) is 15.5 Å². The summed E-state index contributed by atoms with van der Waals surface area (Å²) in [6.45, 7) is 1.84. The highest BCUT2D eigenvalue weighted by atomic mass is 32.2. The number of aryl methyl sites for hydroxylation is 1. The van der Waals surface area contributed by atoms with Crippen LogP contribution in [-0.4, -0.2) is 28.5 Å². The number of nitro groups is 1. The number of aromatic nitrogens is 1. The van der Waals surface area contributed by atoms with Crippen LogP contribution in [0.15, 0.2) is 46.7 Å². The molecule has 3 aromatic rings. The average molecular weight is 407 g/mol. The van der Waals surface area contributed by atoms with Crippen LogP contribution in [0.4, 0.5) is 10.8 Å². The van der Waals surface area contributed by atoms with Gasteiger partial charge < -0.3 is 10.2 Å². The van der Waals surface area contributed by atoms with Gasteiger partial charge in [-0.05, 0) is 25.1 Å². The molecule has 0 saturated carbocycles. The second-order valence-electron chi connectivity index (χ2n) is 5.58. The molecule has 0 aliphatic heterocycles. The largest absolute Gasteiger partial charge is 0.504 e. The molecule has 140 valence electrons. The maximum atomic E-state index is 12.4. The van der Waals surface area contributed by atoms with Crippen molar-refractivity contribution in [2.75, 3.05) is 4.72 Å². The summed E-state index contributed by atoms with van der Waals surface area (Å²) in [5, 5.41) is 31.7. The van der Waals surface area contributed by atoms with E-state index in [0.717, 1.165) is 29.0 Å². The molecule has 3 rings (SSSR count). The molecule has 2 aromatic carbocycles. The topological polar surface area (TPSA) is 143 Å². The Morgan fingerprint density at radius 1 is 1.19 bits per heavy atom. The van der Waals surface area contributed by atoms with Crippen LogP contribution in [0.3, 0.4) is 0 Å². The zero-order valence-corrected chi connectivity index (χ0v) is 15.4. The van der Waals surface area contributed by atoms with Crippen molar-refractivity contribution in [3.05, 3.63) is 57.5 Å². The summed E-state index contributed by atoms with van der Waals surface area (Å²) in [5.74, 6) is -1.52. The van der Waals surface area contributed by atoms with Gasteiger partial charge in [-0.3, -0.25) is 14.8 Å². The lowest BCUT2D eigenvalue weighted by atomic mass is 10.1. The highest BCUT2D eigenvalue weighted by Gasteiger charge is 2.21. The highest BCUT2D eigenvalue weighted by Crippen LogP contribution is 2.40. The SMILES string of the molecule is Cc1ccc(S(=O)(=O)Nc2nc(-c3cc(O)c(O)c([N+](=O)[O-])c3)cs2)cc1. The van der Waals surface area contributed by atoms with Crippen molar-refractivity contribution < 1.29 is 23.6 Å². The lowest BCUT2D eigenvalue weighted by Gasteiger charge is -2.05. The van der Waals surface area contributed by atoms with Gasteiger partial charge in [0.1, 0.15) is 0 Å². The summed E-state index contributed by atoms with van der Waals surface area (Å²) >= 11 is 0.978. The molecule has 9 nitrogen and oxygen atoms in total. The van der Waals surface area contributed by atoms with Crippen molar-refractivity contribution >= 4 is 32.2 Å². The lowest BCUT2D eigenvalue weighted by molar-refractivity contribution is -0.385. The molecule has 0 atom stereocenters. The third-order valence-electron chi connectivity index (χ3n) is 3.62. The Balaban J connectivity index is 1.91.